The van der Waals surface area contributed by atoms with Crippen LogP contribution < -0.4 is 0 Å². The van der Waals surface area contributed by atoms with Gasteiger partial charge in [0.05, 0.1) is 12.7 Å². The molecule has 2 atom stereocenters. The molecule has 2 heteroatoms. The van der Waals surface area contributed by atoms with E-state index in [2.05, 4.69) is 12.0 Å². The Kier molecular flexibility index (Phi) is 3.61. The number of aliphatic hydroxyl groups excluding tert-OH is 1. The number of fused-ring (bicyclic) bond motifs is 1. The lowest BCUT2D eigenvalue weighted by molar-refractivity contribution is -0.0489. The molecule has 0 saturated carbocycles. The molecule has 0 radical (unpaired) electrons. The van der Waals surface area contributed by atoms with Gasteiger partial charge in [-0.2, -0.15) is 0 Å². The van der Waals surface area contributed by atoms with Crippen LogP contribution in [0.4, 0.5) is 0 Å². The van der Waals surface area contributed by atoms with Crippen LogP contribution >= 0.6 is 0 Å². The van der Waals surface area contributed by atoms with E-state index in [1.54, 1.807) is 0 Å². The van der Waals surface area contributed by atoms with Gasteiger partial charge in [-0.1, -0.05) is 24.3 Å². The van der Waals surface area contributed by atoms with Crippen molar-refractivity contribution >= 4 is 0 Å². The van der Waals surface area contributed by atoms with Crippen LogP contribution in [0.15, 0.2) is 24.3 Å². The van der Waals surface area contributed by atoms with Gasteiger partial charge in [0.25, 0.3) is 0 Å². The number of rotatable bonds is 3. The molecule has 0 spiro atoms. The van der Waals surface area contributed by atoms with Gasteiger partial charge in [0, 0.05) is 6.42 Å². The first-order valence-corrected chi connectivity index (χ1v) is 5.64. The first kappa shape index (κ1) is 11.2. The van der Waals surface area contributed by atoms with E-state index in [9.17, 15) is 5.11 Å². The Labute approximate surface area is 96.3 Å². The van der Waals surface area contributed by atoms with Gasteiger partial charge in [0.1, 0.15) is 6.10 Å². The summed E-state index contributed by atoms with van der Waals surface area (Å²) in [5.41, 5.74) is 2.39. The number of benzene rings is 1. The summed E-state index contributed by atoms with van der Waals surface area (Å²) in [6.07, 6.45) is 6.59. The van der Waals surface area contributed by atoms with Crippen molar-refractivity contribution in [2.45, 2.75) is 31.5 Å². The van der Waals surface area contributed by atoms with Gasteiger partial charge in [0.2, 0.25) is 0 Å². The highest BCUT2D eigenvalue weighted by molar-refractivity contribution is 5.31. The normalized spacial score (nSPS) is 20.9. The molecule has 1 N–H and O–H groups in total. The zero-order valence-electron chi connectivity index (χ0n) is 9.23. The third-order valence-corrected chi connectivity index (χ3v) is 2.96. The van der Waals surface area contributed by atoms with Crippen molar-refractivity contribution in [1.82, 2.24) is 0 Å². The van der Waals surface area contributed by atoms with E-state index in [0.29, 0.717) is 19.4 Å². The Morgan fingerprint density at radius 3 is 3.12 bits per heavy atom. The summed E-state index contributed by atoms with van der Waals surface area (Å²) in [4.78, 5) is 0. The lowest BCUT2D eigenvalue weighted by Gasteiger charge is -2.29. The van der Waals surface area contributed by atoms with E-state index in [1.165, 1.54) is 5.56 Å². The van der Waals surface area contributed by atoms with Crippen LogP contribution in [0, 0.1) is 12.3 Å². The molecule has 1 aromatic rings. The summed E-state index contributed by atoms with van der Waals surface area (Å²) >= 11 is 0. The summed E-state index contributed by atoms with van der Waals surface area (Å²) < 4.78 is 5.64. The number of terminal acetylenes is 1. The average Bonchev–Trinajstić information content (AvgIpc) is 2.35. The van der Waals surface area contributed by atoms with E-state index in [-0.39, 0.29) is 6.10 Å². The van der Waals surface area contributed by atoms with Crippen molar-refractivity contribution in [3.05, 3.63) is 35.4 Å². The SMILES string of the molecule is C#CCCC(O)C1OCCc2ccccc21. The Balaban J connectivity index is 2.15. The molecule has 84 valence electrons. The van der Waals surface area contributed by atoms with E-state index in [0.717, 1.165) is 12.0 Å². The van der Waals surface area contributed by atoms with Gasteiger partial charge in [-0.15, -0.1) is 12.3 Å². The Bertz CT molecular complexity index is 392. The molecule has 2 nitrogen and oxygen atoms in total. The molecule has 2 unspecified atom stereocenters. The number of hydrogen-bond donors (Lipinski definition) is 1. The van der Waals surface area contributed by atoms with Crippen molar-refractivity contribution < 1.29 is 9.84 Å². The summed E-state index contributed by atoms with van der Waals surface area (Å²) in [5.74, 6) is 2.55. The minimum absolute atomic E-state index is 0.210. The van der Waals surface area contributed by atoms with E-state index in [1.807, 2.05) is 18.2 Å². The largest absolute Gasteiger partial charge is 0.390 e. The van der Waals surface area contributed by atoms with Crippen LogP contribution in [0.5, 0.6) is 0 Å². The lowest BCUT2D eigenvalue weighted by atomic mass is 9.93. The highest BCUT2D eigenvalue weighted by Crippen LogP contribution is 2.30. The predicted molar refractivity (Wildman–Crippen MR) is 62.9 cm³/mol. The standard InChI is InChI=1S/C14H16O2/c1-2-3-8-13(15)14-12-7-5-4-6-11(12)9-10-16-14/h1,4-7,13-15H,3,8-10H2. The highest BCUT2D eigenvalue weighted by Gasteiger charge is 2.26. The van der Waals surface area contributed by atoms with Crippen LogP contribution in [0.2, 0.25) is 0 Å². The van der Waals surface area contributed by atoms with Gasteiger partial charge in [-0.05, 0) is 24.0 Å². The lowest BCUT2D eigenvalue weighted by Crippen LogP contribution is -2.26. The third kappa shape index (κ3) is 2.27. The van der Waals surface area contributed by atoms with E-state index < -0.39 is 6.10 Å². The molecule has 0 saturated heterocycles. The molecule has 1 aromatic carbocycles. The summed E-state index contributed by atoms with van der Waals surface area (Å²) in [5, 5.41) is 10.0. The number of ether oxygens (including phenoxy) is 1. The van der Waals surface area contributed by atoms with E-state index >= 15 is 0 Å². The zero-order chi connectivity index (χ0) is 11.4. The topological polar surface area (TPSA) is 29.5 Å². The minimum Gasteiger partial charge on any atom is -0.390 e. The second-order valence-corrected chi connectivity index (χ2v) is 4.05. The van der Waals surface area contributed by atoms with Crippen LogP contribution in [-0.2, 0) is 11.2 Å². The fraction of sp³-hybridized carbons (Fsp3) is 0.429. The average molecular weight is 216 g/mol. The van der Waals surface area contributed by atoms with Crippen LogP contribution in [0.3, 0.4) is 0 Å². The fourth-order valence-corrected chi connectivity index (χ4v) is 2.13. The maximum atomic E-state index is 10.0. The maximum absolute atomic E-state index is 10.0. The van der Waals surface area contributed by atoms with Crippen molar-refractivity contribution in [3.63, 3.8) is 0 Å². The number of hydrogen-bond acceptors (Lipinski definition) is 2. The fourth-order valence-electron chi connectivity index (χ4n) is 2.13. The second kappa shape index (κ2) is 5.16. The molecule has 0 amide bonds. The monoisotopic (exact) mass is 216 g/mol. The quantitative estimate of drug-likeness (QED) is 0.784. The molecule has 0 fully saturated rings. The highest BCUT2D eigenvalue weighted by atomic mass is 16.5. The van der Waals surface area contributed by atoms with Crippen molar-refractivity contribution in [2.24, 2.45) is 0 Å². The molecule has 1 aliphatic rings. The molecular formula is C14H16O2. The van der Waals surface area contributed by atoms with Crippen molar-refractivity contribution in [2.75, 3.05) is 6.61 Å². The Morgan fingerprint density at radius 2 is 2.31 bits per heavy atom. The predicted octanol–water partition coefficient (Wildman–Crippen LogP) is 2.07. The van der Waals surface area contributed by atoms with Gasteiger partial charge >= 0.3 is 0 Å². The minimum atomic E-state index is -0.502. The Hall–Kier alpha value is -1.30. The van der Waals surface area contributed by atoms with E-state index in [4.69, 9.17) is 11.2 Å². The molecule has 1 aliphatic heterocycles. The second-order valence-electron chi connectivity index (χ2n) is 4.05. The third-order valence-electron chi connectivity index (χ3n) is 2.96. The van der Waals surface area contributed by atoms with Crippen molar-refractivity contribution in [1.29, 1.82) is 0 Å². The van der Waals surface area contributed by atoms with Crippen LogP contribution in [0.1, 0.15) is 30.1 Å². The number of aliphatic hydroxyl groups is 1. The smallest absolute Gasteiger partial charge is 0.109 e. The molecule has 1 heterocycles. The summed E-state index contributed by atoms with van der Waals surface area (Å²) in [6, 6.07) is 8.13. The van der Waals surface area contributed by atoms with Crippen LogP contribution in [0.25, 0.3) is 0 Å². The molecule has 2 rings (SSSR count). The molecule has 16 heavy (non-hydrogen) atoms. The zero-order valence-corrected chi connectivity index (χ0v) is 9.23. The molecule has 0 bridgehead atoms. The van der Waals surface area contributed by atoms with Crippen LogP contribution in [-0.4, -0.2) is 17.8 Å². The summed E-state index contributed by atoms with van der Waals surface area (Å²) in [6.45, 7) is 0.675. The molecular weight excluding hydrogens is 200 g/mol. The van der Waals surface area contributed by atoms with Gasteiger partial charge in [-0.25, -0.2) is 0 Å². The maximum Gasteiger partial charge on any atom is 0.109 e. The van der Waals surface area contributed by atoms with Crippen molar-refractivity contribution in [3.8, 4) is 12.3 Å². The molecule has 0 aliphatic carbocycles. The molecule has 0 aromatic heterocycles. The Morgan fingerprint density at radius 1 is 1.50 bits per heavy atom. The van der Waals surface area contributed by atoms with Gasteiger partial charge in [0.15, 0.2) is 0 Å². The summed E-state index contributed by atoms with van der Waals surface area (Å²) in [7, 11) is 0. The first-order chi connectivity index (χ1) is 7.83. The first-order valence-electron chi connectivity index (χ1n) is 5.64. The van der Waals surface area contributed by atoms with Gasteiger partial charge in [-0.3, -0.25) is 0 Å². The van der Waals surface area contributed by atoms with Gasteiger partial charge < -0.3 is 9.84 Å².